The molecule has 2 amide bonds. The Labute approximate surface area is 199 Å². The van der Waals surface area contributed by atoms with Crippen LogP contribution in [0.2, 0.25) is 0 Å². The normalized spacial score (nSPS) is 18.8. The van der Waals surface area contributed by atoms with Gasteiger partial charge in [-0.1, -0.05) is 37.4 Å². The summed E-state index contributed by atoms with van der Waals surface area (Å²) < 4.78 is 15.3. The molecule has 1 saturated heterocycles. The Hall–Kier alpha value is -1.98. The average Bonchev–Trinajstić information content (AvgIpc) is 3.28. The molecular weight excluding hydrogens is 447 g/mol. The van der Waals surface area contributed by atoms with Crippen molar-refractivity contribution in [1.29, 1.82) is 0 Å². The van der Waals surface area contributed by atoms with Gasteiger partial charge in [-0.3, -0.25) is 14.8 Å². The van der Waals surface area contributed by atoms with E-state index in [0.717, 1.165) is 25.7 Å². The molecule has 2 aliphatic rings. The van der Waals surface area contributed by atoms with E-state index >= 15 is 4.39 Å². The van der Waals surface area contributed by atoms with E-state index in [4.69, 9.17) is 0 Å². The number of hydroxylamine groups is 2. The van der Waals surface area contributed by atoms with Crippen LogP contribution in [0.3, 0.4) is 0 Å². The Morgan fingerprint density at radius 2 is 2.03 bits per heavy atom. The van der Waals surface area contributed by atoms with Crippen LogP contribution < -0.4 is 10.2 Å². The second kappa shape index (κ2) is 11.0. The minimum absolute atomic E-state index is 0.0481. The summed E-state index contributed by atoms with van der Waals surface area (Å²) in [6, 6.07) is 0. The van der Waals surface area contributed by atoms with Crippen molar-refractivity contribution in [3.05, 3.63) is 11.5 Å². The van der Waals surface area contributed by atoms with Crippen molar-refractivity contribution in [3.63, 3.8) is 0 Å². The average molecular weight is 483 g/mol. The number of hydrogen-bond acceptors (Lipinski definition) is 8. The number of anilines is 1. The SMILES string of the molecule is CSc1nc(CNC(=O)[C@H](CC2CCCC2)CN(O)C=O)c(F)c(N2CC(C)(N(C)C)C2)n1. The number of rotatable bonds is 11. The Kier molecular flexibility index (Phi) is 8.52. The van der Waals surface area contributed by atoms with Crippen molar-refractivity contribution in [2.24, 2.45) is 11.8 Å². The van der Waals surface area contributed by atoms with Crippen LogP contribution in [0.15, 0.2) is 5.16 Å². The summed E-state index contributed by atoms with van der Waals surface area (Å²) in [5, 5.41) is 13.4. The molecule has 0 spiro atoms. The zero-order valence-electron chi connectivity index (χ0n) is 19.9. The van der Waals surface area contributed by atoms with Crippen LogP contribution in [0.1, 0.15) is 44.7 Å². The van der Waals surface area contributed by atoms with Crippen LogP contribution >= 0.6 is 11.8 Å². The van der Waals surface area contributed by atoms with Gasteiger partial charge < -0.3 is 15.1 Å². The largest absolute Gasteiger partial charge is 0.350 e. The Morgan fingerprint density at radius 1 is 1.36 bits per heavy atom. The standard InChI is InChI=1S/C22H35FN6O3S/c1-22(27(2)3)12-28(13-22)19-18(23)17(25-21(26-19)33-4)10-24-20(31)16(11-29(32)14-30)9-15-7-5-6-8-15/h14-16,32H,5-13H2,1-4H3,(H,24,31)/t16-/m1/s1. The highest BCUT2D eigenvalue weighted by atomic mass is 32.2. The van der Waals surface area contributed by atoms with Gasteiger partial charge in [-0.15, -0.1) is 0 Å². The minimum atomic E-state index is -0.566. The summed E-state index contributed by atoms with van der Waals surface area (Å²) in [5.74, 6) is -0.773. The summed E-state index contributed by atoms with van der Waals surface area (Å²) in [5.41, 5.74) is 0.0834. The maximum absolute atomic E-state index is 15.3. The number of nitrogens with one attached hydrogen (secondary N) is 1. The number of amides is 2. The van der Waals surface area contributed by atoms with E-state index in [1.807, 2.05) is 25.3 Å². The predicted molar refractivity (Wildman–Crippen MR) is 125 cm³/mol. The molecule has 184 valence electrons. The predicted octanol–water partition coefficient (Wildman–Crippen LogP) is 2.14. The summed E-state index contributed by atoms with van der Waals surface area (Å²) in [7, 11) is 4.00. The number of hydrogen-bond donors (Lipinski definition) is 2. The van der Waals surface area contributed by atoms with Gasteiger partial charge >= 0.3 is 0 Å². The Bertz CT molecular complexity index is 846. The van der Waals surface area contributed by atoms with Gasteiger partial charge in [0.1, 0.15) is 5.69 Å². The number of aromatic nitrogens is 2. The first-order valence-electron chi connectivity index (χ1n) is 11.4. The Morgan fingerprint density at radius 3 is 2.61 bits per heavy atom. The van der Waals surface area contributed by atoms with Crippen LogP contribution in [0.4, 0.5) is 10.2 Å². The first-order valence-corrected chi connectivity index (χ1v) is 12.6. The Balaban J connectivity index is 1.70. The van der Waals surface area contributed by atoms with E-state index in [9.17, 15) is 14.8 Å². The molecule has 2 N–H and O–H groups in total. The lowest BCUT2D eigenvalue weighted by Gasteiger charge is -2.52. The molecule has 9 nitrogen and oxygen atoms in total. The number of nitrogens with zero attached hydrogens (tertiary/aromatic N) is 5. The lowest BCUT2D eigenvalue weighted by Crippen LogP contribution is -2.67. The molecule has 1 aliphatic carbocycles. The first-order chi connectivity index (χ1) is 15.7. The lowest BCUT2D eigenvalue weighted by atomic mass is 9.91. The molecule has 0 aromatic carbocycles. The molecule has 0 radical (unpaired) electrons. The van der Waals surface area contributed by atoms with E-state index in [-0.39, 0.29) is 36.0 Å². The molecule has 1 atom stereocenters. The summed E-state index contributed by atoms with van der Waals surface area (Å²) in [6.07, 6.45) is 7.05. The fourth-order valence-electron chi connectivity index (χ4n) is 4.58. The smallest absolute Gasteiger partial charge is 0.233 e. The molecule has 1 saturated carbocycles. The van der Waals surface area contributed by atoms with Crippen LogP contribution in [-0.4, -0.2) is 83.0 Å². The molecule has 0 unspecified atom stereocenters. The maximum atomic E-state index is 15.3. The highest BCUT2D eigenvalue weighted by molar-refractivity contribution is 7.98. The van der Waals surface area contributed by atoms with Crippen molar-refractivity contribution in [2.75, 3.05) is 44.9 Å². The maximum Gasteiger partial charge on any atom is 0.233 e. The van der Waals surface area contributed by atoms with Crippen LogP contribution in [0, 0.1) is 17.7 Å². The van der Waals surface area contributed by atoms with Crippen molar-refractivity contribution in [1.82, 2.24) is 25.2 Å². The molecular formula is C22H35FN6O3S. The summed E-state index contributed by atoms with van der Waals surface area (Å²) in [4.78, 5) is 36.5. The zero-order chi connectivity index (χ0) is 24.2. The molecule has 33 heavy (non-hydrogen) atoms. The van der Waals surface area contributed by atoms with Gasteiger partial charge in [0.25, 0.3) is 0 Å². The van der Waals surface area contributed by atoms with E-state index in [1.165, 1.54) is 11.8 Å². The van der Waals surface area contributed by atoms with Crippen molar-refractivity contribution in [2.45, 2.75) is 56.3 Å². The molecule has 3 rings (SSSR count). The van der Waals surface area contributed by atoms with Crippen LogP contribution in [-0.2, 0) is 16.1 Å². The van der Waals surface area contributed by atoms with Crippen molar-refractivity contribution in [3.8, 4) is 0 Å². The molecule has 1 aliphatic heterocycles. The molecule has 2 heterocycles. The molecule has 2 fully saturated rings. The third kappa shape index (κ3) is 6.13. The fraction of sp³-hybridized carbons (Fsp3) is 0.727. The van der Waals surface area contributed by atoms with Gasteiger partial charge in [-0.2, -0.15) is 0 Å². The molecule has 1 aromatic heterocycles. The van der Waals surface area contributed by atoms with Gasteiger partial charge in [-0.25, -0.2) is 19.4 Å². The van der Waals surface area contributed by atoms with Crippen molar-refractivity contribution >= 4 is 29.9 Å². The van der Waals surface area contributed by atoms with Gasteiger partial charge in [0.2, 0.25) is 12.3 Å². The number of thioether (sulfide) groups is 1. The first kappa shape index (κ1) is 25.6. The summed E-state index contributed by atoms with van der Waals surface area (Å²) in [6.45, 7) is 3.24. The second-order valence-electron chi connectivity index (χ2n) is 9.57. The molecule has 1 aromatic rings. The minimum Gasteiger partial charge on any atom is -0.350 e. The van der Waals surface area contributed by atoms with E-state index in [0.29, 0.717) is 42.1 Å². The van der Waals surface area contributed by atoms with E-state index < -0.39 is 11.7 Å². The third-order valence-electron chi connectivity index (χ3n) is 6.93. The highest BCUT2D eigenvalue weighted by Gasteiger charge is 2.42. The molecule has 0 bridgehead atoms. The number of likely N-dealkylation sites (N-methyl/N-ethyl adjacent to an activating group) is 1. The zero-order valence-corrected chi connectivity index (χ0v) is 20.7. The quantitative estimate of drug-likeness (QED) is 0.163. The van der Waals surface area contributed by atoms with Gasteiger partial charge in [0.15, 0.2) is 16.8 Å². The molecule has 11 heteroatoms. The number of carbonyl (C=O) groups excluding carboxylic acids is 2. The lowest BCUT2D eigenvalue weighted by molar-refractivity contribution is -0.155. The van der Waals surface area contributed by atoms with E-state index in [2.05, 4.69) is 27.1 Å². The third-order valence-corrected chi connectivity index (χ3v) is 7.48. The number of carbonyl (C=O) groups is 2. The van der Waals surface area contributed by atoms with Crippen LogP contribution in [0.25, 0.3) is 0 Å². The highest BCUT2D eigenvalue weighted by Crippen LogP contribution is 2.33. The fourth-order valence-corrected chi connectivity index (χ4v) is 4.96. The van der Waals surface area contributed by atoms with Gasteiger partial charge in [0, 0.05) is 13.1 Å². The van der Waals surface area contributed by atoms with Gasteiger partial charge in [0.05, 0.1) is 24.5 Å². The van der Waals surface area contributed by atoms with Crippen LogP contribution in [0.5, 0.6) is 0 Å². The second-order valence-corrected chi connectivity index (χ2v) is 10.3. The monoisotopic (exact) mass is 482 g/mol. The topological polar surface area (TPSA) is 102 Å². The van der Waals surface area contributed by atoms with E-state index in [1.54, 1.807) is 0 Å². The van der Waals surface area contributed by atoms with Gasteiger partial charge in [-0.05, 0) is 39.6 Å². The van der Waals surface area contributed by atoms with Crippen molar-refractivity contribution < 1.29 is 19.2 Å². The number of halogens is 1. The summed E-state index contributed by atoms with van der Waals surface area (Å²) >= 11 is 1.32.